The molecule has 2 heteroatoms. The van der Waals surface area contributed by atoms with Gasteiger partial charge in [-0.15, -0.1) is 12.8 Å². The van der Waals surface area contributed by atoms with Crippen molar-refractivity contribution in [1.82, 2.24) is 0 Å². The molecule has 0 atom stereocenters. The lowest BCUT2D eigenvalue weighted by atomic mass is 9.84. The summed E-state index contributed by atoms with van der Waals surface area (Å²) < 4.78 is 0. The van der Waals surface area contributed by atoms with Gasteiger partial charge in [-0.2, -0.15) is 0 Å². The highest BCUT2D eigenvalue weighted by Crippen LogP contribution is 2.32. The van der Waals surface area contributed by atoms with Gasteiger partial charge in [-0.05, 0) is 83.5 Å². The van der Waals surface area contributed by atoms with E-state index in [2.05, 4.69) is 141 Å². The fraction of sp³-hybridized carbons (Fsp3) is 0.184. The Hall–Kier alpha value is -6.04. The summed E-state index contributed by atoms with van der Waals surface area (Å²) in [6.45, 7) is 0. The van der Waals surface area contributed by atoms with E-state index in [1.165, 1.54) is 37.7 Å². The van der Waals surface area contributed by atoms with E-state index < -0.39 is 10.9 Å². The van der Waals surface area contributed by atoms with E-state index in [-0.39, 0.29) is 11.5 Å². The lowest BCUT2D eigenvalue weighted by Gasteiger charge is -2.21. The molecule has 0 heterocycles. The van der Waals surface area contributed by atoms with Crippen molar-refractivity contribution in [2.45, 2.75) is 38.0 Å². The van der Waals surface area contributed by atoms with Gasteiger partial charge in [-0.3, -0.25) is 4.79 Å². The molecule has 0 unspecified atom stereocenters. The number of carbonyl (C=O) groups is 1. The molecule has 0 radical (unpaired) electrons. The van der Waals surface area contributed by atoms with E-state index in [1.807, 2.05) is 12.1 Å². The van der Waals surface area contributed by atoms with E-state index in [0.717, 1.165) is 0 Å². The van der Waals surface area contributed by atoms with E-state index in [9.17, 15) is 4.79 Å². The summed E-state index contributed by atoms with van der Waals surface area (Å²) in [6.07, 6.45) is 16.2. The van der Waals surface area contributed by atoms with Crippen LogP contribution in [-0.2, 0) is 10.9 Å². The Morgan fingerprint density at radius 1 is 0.600 bits per heavy atom. The highest BCUT2D eigenvalue weighted by Gasteiger charge is 2.22. The molecule has 1 aliphatic carbocycles. The molecule has 1 aromatic rings. The standard InChI is InChI=1S/C38H19OS/c1-3-5-7-9-11-13-15-17-19-24-32-40(33-25-20-18-16-14-12-10-8-6-4-2)34-38(39)37-30-28-36(29-31-37)35-26-22-21-23-27-35/h1-2,28-31,35H,21-23,26-27,34H2/q+1. The zero-order valence-electron chi connectivity index (χ0n) is 21.6. The largest absolute Gasteiger partial charge is 0.289 e. The normalized spacial score (nSPS) is 9.78. The molecule has 0 bridgehead atoms. The number of ketones is 1. The first kappa shape index (κ1) is 30.2. The van der Waals surface area contributed by atoms with Crippen LogP contribution < -0.4 is 0 Å². The third kappa shape index (κ3) is 13.3. The Kier molecular flexibility index (Phi) is 15.1. The maximum absolute atomic E-state index is 13.0. The van der Waals surface area contributed by atoms with Crippen LogP contribution in [0.1, 0.15) is 53.9 Å². The summed E-state index contributed by atoms with van der Waals surface area (Å²) in [5.74, 6) is 50.5. The van der Waals surface area contributed by atoms with Crippen LogP contribution >= 0.6 is 0 Å². The van der Waals surface area contributed by atoms with Crippen molar-refractivity contribution in [3.8, 4) is 142 Å². The Morgan fingerprint density at radius 3 is 1.43 bits per heavy atom. The summed E-state index contributed by atoms with van der Waals surface area (Å²) in [5, 5.41) is 5.87. The van der Waals surface area contributed by atoms with Crippen LogP contribution in [0.3, 0.4) is 0 Å². The minimum atomic E-state index is -0.893. The van der Waals surface area contributed by atoms with Crippen LogP contribution in [0, 0.1) is 142 Å². The summed E-state index contributed by atoms with van der Waals surface area (Å²) in [4.78, 5) is 13.0. The van der Waals surface area contributed by atoms with Crippen molar-refractivity contribution in [3.05, 3.63) is 35.4 Å². The second-order valence-corrected chi connectivity index (χ2v) is 9.14. The molecule has 1 saturated carbocycles. The van der Waals surface area contributed by atoms with Gasteiger partial charge in [0.1, 0.15) is 0 Å². The fourth-order valence-corrected chi connectivity index (χ4v) is 4.35. The molecule has 0 N–H and O–H groups in total. The monoisotopic (exact) mass is 523 g/mol. The third-order valence-electron chi connectivity index (χ3n) is 5.08. The molecule has 1 aliphatic rings. The van der Waals surface area contributed by atoms with Crippen molar-refractivity contribution in [1.29, 1.82) is 0 Å². The molecule has 0 amide bonds. The third-order valence-corrected chi connectivity index (χ3v) is 6.33. The highest BCUT2D eigenvalue weighted by atomic mass is 32.2. The first-order valence-corrected chi connectivity index (χ1v) is 13.4. The van der Waals surface area contributed by atoms with Crippen LogP contribution in [0.15, 0.2) is 24.3 Å². The van der Waals surface area contributed by atoms with Crippen LogP contribution in [0.5, 0.6) is 0 Å². The molecule has 0 saturated heterocycles. The molecule has 0 spiro atoms. The Labute approximate surface area is 241 Å². The summed E-state index contributed by atoms with van der Waals surface area (Å²) >= 11 is 0. The maximum Gasteiger partial charge on any atom is 0.214 e. The van der Waals surface area contributed by atoms with Crippen molar-refractivity contribution in [3.63, 3.8) is 0 Å². The first-order chi connectivity index (χ1) is 19.7. The lowest BCUT2D eigenvalue weighted by molar-refractivity contribution is 0.102. The molecule has 0 aromatic heterocycles. The summed E-state index contributed by atoms with van der Waals surface area (Å²) in [7, 11) is -0.893. The molecule has 1 nitrogen and oxygen atoms in total. The van der Waals surface area contributed by atoms with Gasteiger partial charge >= 0.3 is 0 Å². The predicted octanol–water partition coefficient (Wildman–Crippen LogP) is 3.75. The van der Waals surface area contributed by atoms with Gasteiger partial charge in [-0.25, -0.2) is 0 Å². The molecular weight excluding hydrogens is 504 g/mol. The summed E-state index contributed by atoms with van der Waals surface area (Å²) in [5.41, 5.74) is 1.93. The molecule has 0 aliphatic heterocycles. The molecular formula is C38H19OS+. The number of Topliss-reactive ketones (excluding diaryl/α,β-unsaturated/α-hetero) is 1. The zero-order valence-corrected chi connectivity index (χ0v) is 22.4. The van der Waals surface area contributed by atoms with Crippen LogP contribution in [0.4, 0.5) is 0 Å². The average molecular weight is 524 g/mol. The number of carbonyl (C=O) groups excluding carboxylic acids is 1. The fourth-order valence-electron chi connectivity index (χ4n) is 3.37. The van der Waals surface area contributed by atoms with E-state index >= 15 is 0 Å². The van der Waals surface area contributed by atoms with Gasteiger partial charge in [0.15, 0.2) is 27.2 Å². The van der Waals surface area contributed by atoms with Gasteiger partial charge in [-0.1, -0.05) is 43.5 Å². The average Bonchev–Trinajstić information content (AvgIpc) is 2.99. The van der Waals surface area contributed by atoms with E-state index in [4.69, 9.17) is 12.8 Å². The van der Waals surface area contributed by atoms with Gasteiger partial charge in [0.05, 0.1) is 0 Å². The van der Waals surface area contributed by atoms with Gasteiger partial charge in [0, 0.05) is 64.8 Å². The number of terminal acetylenes is 2. The zero-order chi connectivity index (χ0) is 28.5. The number of benzene rings is 1. The van der Waals surface area contributed by atoms with Crippen molar-refractivity contribution in [2.24, 2.45) is 0 Å². The first-order valence-electron chi connectivity index (χ1n) is 12.0. The second kappa shape index (κ2) is 20.1. The number of hydrogen-bond donors (Lipinski definition) is 0. The Bertz CT molecular complexity index is 1730. The molecule has 1 fully saturated rings. The SMILES string of the molecule is C#CC#CC#CC#CC#CC#C[S+](C#CC#CC#CC#CC#CC#C)CC(=O)c1ccc(C2CCCCC2)cc1. The number of rotatable bonds is 4. The molecule has 40 heavy (non-hydrogen) atoms. The van der Waals surface area contributed by atoms with Gasteiger partial charge in [0.25, 0.3) is 0 Å². The Morgan fingerprint density at radius 2 is 1.00 bits per heavy atom. The van der Waals surface area contributed by atoms with Crippen molar-refractivity contribution < 1.29 is 4.79 Å². The quantitative estimate of drug-likeness (QED) is 0.334. The molecule has 2 rings (SSSR count). The van der Waals surface area contributed by atoms with Crippen molar-refractivity contribution >= 4 is 16.7 Å². The van der Waals surface area contributed by atoms with Crippen LogP contribution in [-0.4, -0.2) is 11.5 Å². The van der Waals surface area contributed by atoms with Crippen LogP contribution in [0.25, 0.3) is 0 Å². The minimum absolute atomic E-state index is 0.0469. The van der Waals surface area contributed by atoms with Gasteiger partial charge in [0.2, 0.25) is 5.78 Å². The predicted molar refractivity (Wildman–Crippen MR) is 164 cm³/mol. The summed E-state index contributed by atoms with van der Waals surface area (Å²) in [6, 6.07) is 7.91. The van der Waals surface area contributed by atoms with E-state index in [1.54, 1.807) is 0 Å². The highest BCUT2D eigenvalue weighted by molar-refractivity contribution is 8.06. The maximum atomic E-state index is 13.0. The molecule has 182 valence electrons. The smallest absolute Gasteiger partial charge is 0.214 e. The minimum Gasteiger partial charge on any atom is -0.289 e. The Balaban J connectivity index is 2.14. The van der Waals surface area contributed by atoms with Crippen LogP contribution in [0.2, 0.25) is 0 Å². The second-order valence-electron chi connectivity index (χ2n) is 7.66. The topological polar surface area (TPSA) is 17.1 Å². The lowest BCUT2D eigenvalue weighted by Crippen LogP contribution is -2.14. The molecule has 1 aromatic carbocycles. The van der Waals surface area contributed by atoms with Gasteiger partial charge < -0.3 is 0 Å². The van der Waals surface area contributed by atoms with E-state index in [0.29, 0.717) is 11.5 Å². The van der Waals surface area contributed by atoms with Crippen molar-refractivity contribution in [2.75, 3.05) is 5.75 Å². The number of hydrogen-bond acceptors (Lipinski definition) is 1.